The molecule has 3 heteroatoms. The van der Waals surface area contributed by atoms with Crippen molar-refractivity contribution in [3.05, 3.63) is 35.6 Å². The van der Waals surface area contributed by atoms with E-state index in [4.69, 9.17) is 0 Å². The fourth-order valence-corrected chi connectivity index (χ4v) is 3.82. The summed E-state index contributed by atoms with van der Waals surface area (Å²) in [5, 5.41) is 3.63. The first kappa shape index (κ1) is 13.1. The van der Waals surface area contributed by atoms with Crippen molar-refractivity contribution >= 4 is 0 Å². The molecule has 0 saturated carbocycles. The molecule has 2 saturated heterocycles. The number of nitrogens with one attached hydrogen (secondary N) is 1. The second-order valence-electron chi connectivity index (χ2n) is 6.13. The van der Waals surface area contributed by atoms with Crippen molar-refractivity contribution < 1.29 is 4.39 Å². The van der Waals surface area contributed by atoms with Gasteiger partial charge in [0.15, 0.2) is 0 Å². The first-order valence-electron chi connectivity index (χ1n) is 7.37. The molecule has 0 aromatic heterocycles. The SMILES string of the molecule is CC(NC1CC2CCC(C1)N2C)c1ccccc1F. The van der Waals surface area contributed by atoms with Crippen LogP contribution in [0.3, 0.4) is 0 Å². The molecular formula is C16H23FN2. The van der Waals surface area contributed by atoms with Crippen LogP contribution in [0, 0.1) is 5.82 Å². The Bertz CT molecular complexity index is 434. The highest BCUT2D eigenvalue weighted by atomic mass is 19.1. The average Bonchev–Trinajstić information content (AvgIpc) is 2.63. The third-order valence-electron chi connectivity index (χ3n) is 4.96. The highest BCUT2D eigenvalue weighted by Crippen LogP contribution is 2.35. The minimum absolute atomic E-state index is 0.0917. The van der Waals surface area contributed by atoms with Crippen LogP contribution in [0.15, 0.2) is 24.3 Å². The van der Waals surface area contributed by atoms with Crippen molar-refractivity contribution in [2.75, 3.05) is 7.05 Å². The van der Waals surface area contributed by atoms with Crippen LogP contribution in [-0.4, -0.2) is 30.1 Å². The minimum atomic E-state index is -0.0987. The zero-order valence-corrected chi connectivity index (χ0v) is 11.8. The van der Waals surface area contributed by atoms with Gasteiger partial charge in [-0.25, -0.2) is 4.39 Å². The molecule has 2 aliphatic rings. The van der Waals surface area contributed by atoms with E-state index in [0.29, 0.717) is 6.04 Å². The summed E-state index contributed by atoms with van der Waals surface area (Å²) >= 11 is 0. The molecule has 19 heavy (non-hydrogen) atoms. The number of hydrogen-bond donors (Lipinski definition) is 1. The molecule has 3 atom stereocenters. The first-order chi connectivity index (χ1) is 9.15. The zero-order chi connectivity index (χ0) is 13.4. The van der Waals surface area contributed by atoms with Crippen molar-refractivity contribution in [2.45, 2.75) is 56.8 Å². The maximum atomic E-state index is 13.8. The van der Waals surface area contributed by atoms with Crippen LogP contribution in [0.25, 0.3) is 0 Å². The number of nitrogens with zero attached hydrogens (tertiary/aromatic N) is 1. The molecule has 0 spiro atoms. The smallest absolute Gasteiger partial charge is 0.127 e. The highest BCUT2D eigenvalue weighted by molar-refractivity contribution is 5.20. The lowest BCUT2D eigenvalue weighted by Gasteiger charge is -2.38. The van der Waals surface area contributed by atoms with E-state index in [0.717, 1.165) is 17.6 Å². The molecule has 1 aromatic rings. The van der Waals surface area contributed by atoms with Gasteiger partial charge in [-0.2, -0.15) is 0 Å². The first-order valence-corrected chi connectivity index (χ1v) is 7.37. The van der Waals surface area contributed by atoms with Crippen LogP contribution in [-0.2, 0) is 0 Å². The molecule has 0 amide bonds. The topological polar surface area (TPSA) is 15.3 Å². The fraction of sp³-hybridized carbons (Fsp3) is 0.625. The Labute approximate surface area is 115 Å². The molecule has 1 N–H and O–H groups in total. The van der Waals surface area contributed by atoms with Crippen LogP contribution in [0.1, 0.15) is 44.2 Å². The molecule has 2 heterocycles. The Morgan fingerprint density at radius 2 is 1.84 bits per heavy atom. The van der Waals surface area contributed by atoms with Crippen molar-refractivity contribution in [2.24, 2.45) is 0 Å². The van der Waals surface area contributed by atoms with Gasteiger partial charge in [0.2, 0.25) is 0 Å². The molecule has 0 aliphatic carbocycles. The lowest BCUT2D eigenvalue weighted by Crippen LogP contribution is -2.47. The number of benzene rings is 1. The highest BCUT2D eigenvalue weighted by Gasteiger charge is 2.38. The maximum absolute atomic E-state index is 13.8. The second kappa shape index (κ2) is 5.22. The quantitative estimate of drug-likeness (QED) is 0.900. The molecule has 3 rings (SSSR count). The van der Waals surface area contributed by atoms with Gasteiger partial charge in [-0.05, 0) is 45.7 Å². The van der Waals surface area contributed by atoms with Crippen molar-refractivity contribution in [1.29, 1.82) is 0 Å². The van der Waals surface area contributed by atoms with E-state index in [9.17, 15) is 4.39 Å². The number of fused-ring (bicyclic) bond motifs is 2. The van der Waals surface area contributed by atoms with Crippen LogP contribution in [0.5, 0.6) is 0 Å². The number of piperidine rings is 1. The fourth-order valence-electron chi connectivity index (χ4n) is 3.82. The van der Waals surface area contributed by atoms with Gasteiger partial charge in [0, 0.05) is 29.7 Å². The number of halogens is 1. The Morgan fingerprint density at radius 1 is 1.21 bits per heavy atom. The van der Waals surface area contributed by atoms with Crippen LogP contribution < -0.4 is 5.32 Å². The van der Waals surface area contributed by atoms with Crippen molar-refractivity contribution in [1.82, 2.24) is 10.2 Å². The zero-order valence-electron chi connectivity index (χ0n) is 11.8. The molecule has 2 fully saturated rings. The Hall–Kier alpha value is -0.930. The van der Waals surface area contributed by atoms with Crippen LogP contribution in [0.2, 0.25) is 0 Å². The molecule has 2 aliphatic heterocycles. The average molecular weight is 262 g/mol. The van der Waals surface area contributed by atoms with Crippen LogP contribution >= 0.6 is 0 Å². The Kier molecular flexibility index (Phi) is 3.59. The van der Waals surface area contributed by atoms with E-state index in [1.54, 1.807) is 12.1 Å². The summed E-state index contributed by atoms with van der Waals surface area (Å²) in [6.45, 7) is 2.07. The summed E-state index contributed by atoms with van der Waals surface area (Å²) in [4.78, 5) is 2.53. The lowest BCUT2D eigenvalue weighted by molar-refractivity contribution is 0.144. The van der Waals surface area contributed by atoms with Crippen LogP contribution in [0.4, 0.5) is 4.39 Å². The monoisotopic (exact) mass is 262 g/mol. The maximum Gasteiger partial charge on any atom is 0.127 e. The van der Waals surface area contributed by atoms with Gasteiger partial charge < -0.3 is 10.2 Å². The molecule has 2 bridgehead atoms. The molecule has 0 radical (unpaired) electrons. The minimum Gasteiger partial charge on any atom is -0.307 e. The third-order valence-corrected chi connectivity index (χ3v) is 4.96. The normalized spacial score (nSPS) is 32.5. The Morgan fingerprint density at radius 3 is 2.47 bits per heavy atom. The molecule has 1 aromatic carbocycles. The van der Waals surface area contributed by atoms with Gasteiger partial charge in [0.25, 0.3) is 0 Å². The van der Waals surface area contributed by atoms with E-state index >= 15 is 0 Å². The van der Waals surface area contributed by atoms with Gasteiger partial charge in [0.1, 0.15) is 5.82 Å². The van der Waals surface area contributed by atoms with E-state index in [-0.39, 0.29) is 11.9 Å². The molecule has 3 unspecified atom stereocenters. The van der Waals surface area contributed by atoms with Gasteiger partial charge in [0.05, 0.1) is 0 Å². The lowest BCUT2D eigenvalue weighted by atomic mass is 9.96. The summed E-state index contributed by atoms with van der Waals surface area (Å²) in [5.41, 5.74) is 0.786. The summed E-state index contributed by atoms with van der Waals surface area (Å²) in [5.74, 6) is -0.0987. The summed E-state index contributed by atoms with van der Waals surface area (Å²) in [7, 11) is 2.25. The van der Waals surface area contributed by atoms with Gasteiger partial charge in [-0.1, -0.05) is 18.2 Å². The third kappa shape index (κ3) is 2.54. The predicted octanol–water partition coefficient (Wildman–Crippen LogP) is 3.10. The molecule has 104 valence electrons. The largest absolute Gasteiger partial charge is 0.307 e. The van der Waals surface area contributed by atoms with Crippen molar-refractivity contribution in [3.63, 3.8) is 0 Å². The van der Waals surface area contributed by atoms with E-state index in [1.165, 1.54) is 25.7 Å². The predicted molar refractivity (Wildman–Crippen MR) is 75.5 cm³/mol. The summed E-state index contributed by atoms with van der Waals surface area (Å²) < 4.78 is 13.8. The standard InChI is InChI=1S/C16H23FN2/c1-11(15-5-3-4-6-16(15)17)18-12-9-13-7-8-14(10-12)19(13)2/h3-6,11-14,18H,7-10H2,1-2H3. The van der Waals surface area contributed by atoms with E-state index in [2.05, 4.69) is 24.2 Å². The van der Waals surface area contributed by atoms with E-state index < -0.39 is 0 Å². The number of rotatable bonds is 3. The molecule has 2 nitrogen and oxygen atoms in total. The van der Waals surface area contributed by atoms with E-state index in [1.807, 2.05) is 12.1 Å². The summed E-state index contributed by atoms with van der Waals surface area (Å²) in [6.07, 6.45) is 5.05. The van der Waals surface area contributed by atoms with Crippen molar-refractivity contribution in [3.8, 4) is 0 Å². The second-order valence-corrected chi connectivity index (χ2v) is 6.13. The molecular weight excluding hydrogens is 239 g/mol. The number of hydrogen-bond acceptors (Lipinski definition) is 2. The van der Waals surface area contributed by atoms with Gasteiger partial charge in [-0.3, -0.25) is 0 Å². The van der Waals surface area contributed by atoms with Gasteiger partial charge in [-0.15, -0.1) is 0 Å². The Balaban J connectivity index is 1.65. The summed E-state index contributed by atoms with van der Waals surface area (Å²) in [6, 6.07) is 9.17. The van der Waals surface area contributed by atoms with Gasteiger partial charge >= 0.3 is 0 Å².